The molecule has 0 aliphatic carbocycles. The molecule has 1 aromatic carbocycles. The predicted molar refractivity (Wildman–Crippen MR) is 64.0 cm³/mol. The summed E-state index contributed by atoms with van der Waals surface area (Å²) in [5.74, 6) is 0. The highest BCUT2D eigenvalue weighted by molar-refractivity contribution is 5.30. The van der Waals surface area contributed by atoms with E-state index in [1.165, 1.54) is 23.1 Å². The molecule has 2 nitrogen and oxygen atoms in total. The van der Waals surface area contributed by atoms with E-state index in [2.05, 4.69) is 42.7 Å². The molecule has 1 aliphatic rings. The highest BCUT2D eigenvalue weighted by atomic mass is 15.0. The normalized spacial score (nSPS) is 20.8. The third kappa shape index (κ3) is 2.80. The van der Waals surface area contributed by atoms with Gasteiger partial charge in [0.05, 0.1) is 0 Å². The van der Waals surface area contributed by atoms with E-state index in [0.717, 1.165) is 19.6 Å². The SMILES string of the molecule is Cc1ccc(C)c(CNC2CCNC2)c1. The van der Waals surface area contributed by atoms with Crippen LogP contribution in [0, 0.1) is 13.8 Å². The van der Waals surface area contributed by atoms with Crippen LogP contribution in [0.4, 0.5) is 0 Å². The van der Waals surface area contributed by atoms with Crippen LogP contribution in [0.15, 0.2) is 18.2 Å². The van der Waals surface area contributed by atoms with Gasteiger partial charge in [-0.3, -0.25) is 0 Å². The third-order valence-electron chi connectivity index (χ3n) is 3.15. The van der Waals surface area contributed by atoms with E-state index >= 15 is 0 Å². The minimum atomic E-state index is 0.657. The zero-order valence-corrected chi connectivity index (χ0v) is 9.64. The molecule has 2 rings (SSSR count). The second kappa shape index (κ2) is 4.77. The zero-order chi connectivity index (χ0) is 10.7. The molecule has 0 saturated carbocycles. The van der Waals surface area contributed by atoms with Gasteiger partial charge in [-0.05, 0) is 37.9 Å². The standard InChI is InChI=1S/C13H20N2/c1-10-3-4-11(2)12(7-10)8-15-13-5-6-14-9-13/h3-4,7,13-15H,5-6,8-9H2,1-2H3. The first-order valence-corrected chi connectivity index (χ1v) is 5.76. The summed E-state index contributed by atoms with van der Waals surface area (Å²) in [5.41, 5.74) is 4.17. The summed E-state index contributed by atoms with van der Waals surface area (Å²) in [5, 5.41) is 6.98. The maximum Gasteiger partial charge on any atom is 0.0211 e. The molecule has 1 unspecified atom stereocenters. The minimum Gasteiger partial charge on any atom is -0.315 e. The van der Waals surface area contributed by atoms with E-state index in [4.69, 9.17) is 0 Å². The molecule has 0 bridgehead atoms. The summed E-state index contributed by atoms with van der Waals surface area (Å²) >= 11 is 0. The fourth-order valence-corrected chi connectivity index (χ4v) is 2.07. The van der Waals surface area contributed by atoms with Crippen LogP contribution in [0.25, 0.3) is 0 Å². The molecule has 82 valence electrons. The lowest BCUT2D eigenvalue weighted by Crippen LogP contribution is -2.30. The monoisotopic (exact) mass is 204 g/mol. The summed E-state index contributed by atoms with van der Waals surface area (Å²) in [7, 11) is 0. The average molecular weight is 204 g/mol. The number of hydrogen-bond donors (Lipinski definition) is 2. The van der Waals surface area contributed by atoms with Crippen LogP contribution in [0.1, 0.15) is 23.1 Å². The van der Waals surface area contributed by atoms with Gasteiger partial charge in [0.15, 0.2) is 0 Å². The molecule has 1 saturated heterocycles. The first-order chi connectivity index (χ1) is 7.25. The number of nitrogens with one attached hydrogen (secondary N) is 2. The van der Waals surface area contributed by atoms with E-state index in [1.54, 1.807) is 0 Å². The Hall–Kier alpha value is -0.860. The van der Waals surface area contributed by atoms with Gasteiger partial charge < -0.3 is 10.6 Å². The molecule has 0 spiro atoms. The zero-order valence-electron chi connectivity index (χ0n) is 9.64. The fourth-order valence-electron chi connectivity index (χ4n) is 2.07. The van der Waals surface area contributed by atoms with Gasteiger partial charge in [0.25, 0.3) is 0 Å². The first kappa shape index (κ1) is 10.7. The smallest absolute Gasteiger partial charge is 0.0211 e. The van der Waals surface area contributed by atoms with E-state index in [0.29, 0.717) is 6.04 Å². The van der Waals surface area contributed by atoms with Crippen LogP contribution in [0.5, 0.6) is 0 Å². The van der Waals surface area contributed by atoms with Crippen molar-refractivity contribution >= 4 is 0 Å². The Morgan fingerprint density at radius 2 is 2.27 bits per heavy atom. The van der Waals surface area contributed by atoms with Crippen LogP contribution in [-0.4, -0.2) is 19.1 Å². The van der Waals surface area contributed by atoms with Gasteiger partial charge in [-0.25, -0.2) is 0 Å². The third-order valence-corrected chi connectivity index (χ3v) is 3.15. The van der Waals surface area contributed by atoms with Crippen LogP contribution < -0.4 is 10.6 Å². The van der Waals surface area contributed by atoms with E-state index in [-0.39, 0.29) is 0 Å². The number of rotatable bonds is 3. The molecule has 1 aromatic rings. The lowest BCUT2D eigenvalue weighted by atomic mass is 10.1. The molecule has 1 heterocycles. The highest BCUT2D eigenvalue weighted by Crippen LogP contribution is 2.11. The van der Waals surface area contributed by atoms with Gasteiger partial charge in [-0.1, -0.05) is 23.8 Å². The molecule has 2 heteroatoms. The molecule has 1 fully saturated rings. The lowest BCUT2D eigenvalue weighted by Gasteiger charge is -2.13. The molecular weight excluding hydrogens is 184 g/mol. The van der Waals surface area contributed by atoms with Crippen molar-refractivity contribution in [1.29, 1.82) is 0 Å². The summed E-state index contributed by atoms with van der Waals surface area (Å²) in [4.78, 5) is 0. The van der Waals surface area contributed by atoms with Crippen LogP contribution in [-0.2, 0) is 6.54 Å². The molecule has 0 amide bonds. The van der Waals surface area contributed by atoms with Crippen LogP contribution >= 0.6 is 0 Å². The maximum absolute atomic E-state index is 3.60. The topological polar surface area (TPSA) is 24.1 Å². The fraction of sp³-hybridized carbons (Fsp3) is 0.538. The summed E-state index contributed by atoms with van der Waals surface area (Å²) in [6, 6.07) is 7.32. The summed E-state index contributed by atoms with van der Waals surface area (Å²) < 4.78 is 0. The molecule has 0 aromatic heterocycles. The number of aryl methyl sites for hydroxylation is 2. The van der Waals surface area contributed by atoms with E-state index < -0.39 is 0 Å². The Bertz CT molecular complexity index is 327. The largest absolute Gasteiger partial charge is 0.315 e. The Labute approximate surface area is 92.1 Å². The quantitative estimate of drug-likeness (QED) is 0.784. The van der Waals surface area contributed by atoms with Crippen molar-refractivity contribution in [2.75, 3.05) is 13.1 Å². The van der Waals surface area contributed by atoms with Crippen LogP contribution in [0.2, 0.25) is 0 Å². The second-order valence-corrected chi connectivity index (χ2v) is 4.50. The summed E-state index contributed by atoms with van der Waals surface area (Å²) in [6.45, 7) is 7.61. The number of hydrogen-bond acceptors (Lipinski definition) is 2. The van der Waals surface area contributed by atoms with E-state index in [1.807, 2.05) is 0 Å². The average Bonchev–Trinajstić information content (AvgIpc) is 2.72. The van der Waals surface area contributed by atoms with Crippen molar-refractivity contribution < 1.29 is 0 Å². The van der Waals surface area contributed by atoms with Gasteiger partial charge in [-0.2, -0.15) is 0 Å². The van der Waals surface area contributed by atoms with Gasteiger partial charge >= 0.3 is 0 Å². The van der Waals surface area contributed by atoms with E-state index in [9.17, 15) is 0 Å². The molecule has 15 heavy (non-hydrogen) atoms. The Morgan fingerprint density at radius 3 is 3.00 bits per heavy atom. The Balaban J connectivity index is 1.94. The van der Waals surface area contributed by atoms with Crippen molar-refractivity contribution in [3.63, 3.8) is 0 Å². The molecule has 1 atom stereocenters. The minimum absolute atomic E-state index is 0.657. The molecular formula is C13H20N2. The number of benzene rings is 1. The summed E-state index contributed by atoms with van der Waals surface area (Å²) in [6.07, 6.45) is 1.25. The lowest BCUT2D eigenvalue weighted by molar-refractivity contribution is 0.546. The van der Waals surface area contributed by atoms with Gasteiger partial charge in [0.1, 0.15) is 0 Å². The predicted octanol–water partition coefficient (Wildman–Crippen LogP) is 1.75. The first-order valence-electron chi connectivity index (χ1n) is 5.76. The Kier molecular flexibility index (Phi) is 3.39. The second-order valence-electron chi connectivity index (χ2n) is 4.50. The molecule has 0 radical (unpaired) electrons. The molecule has 2 N–H and O–H groups in total. The van der Waals surface area contributed by atoms with Crippen molar-refractivity contribution in [2.45, 2.75) is 32.9 Å². The van der Waals surface area contributed by atoms with Crippen LogP contribution in [0.3, 0.4) is 0 Å². The highest BCUT2D eigenvalue weighted by Gasteiger charge is 2.13. The van der Waals surface area contributed by atoms with Crippen molar-refractivity contribution in [1.82, 2.24) is 10.6 Å². The Morgan fingerprint density at radius 1 is 1.40 bits per heavy atom. The van der Waals surface area contributed by atoms with Gasteiger partial charge in [-0.15, -0.1) is 0 Å². The maximum atomic E-state index is 3.60. The van der Waals surface area contributed by atoms with Gasteiger partial charge in [0, 0.05) is 19.1 Å². The van der Waals surface area contributed by atoms with Gasteiger partial charge in [0.2, 0.25) is 0 Å². The van der Waals surface area contributed by atoms with Crippen molar-refractivity contribution in [3.05, 3.63) is 34.9 Å². The van der Waals surface area contributed by atoms with Crippen molar-refractivity contribution in [3.8, 4) is 0 Å². The molecule has 1 aliphatic heterocycles. The van der Waals surface area contributed by atoms with Crippen molar-refractivity contribution in [2.24, 2.45) is 0 Å².